The minimum atomic E-state index is -1.36. The number of anilines is 2. The lowest BCUT2D eigenvalue weighted by Crippen LogP contribution is -2.44. The second-order valence-electron chi connectivity index (χ2n) is 18.8. The number of hydrogen-bond acceptors (Lipinski definition) is 17. The molecule has 0 aliphatic carbocycles. The number of pyridine rings is 2. The first kappa shape index (κ1) is 61.4. The summed E-state index contributed by atoms with van der Waals surface area (Å²) in [4.78, 5) is 99.6. The lowest BCUT2D eigenvalue weighted by molar-refractivity contribution is -0.138. The van der Waals surface area contributed by atoms with Crippen molar-refractivity contribution in [2.75, 3.05) is 23.7 Å². The van der Waals surface area contributed by atoms with Crippen LogP contribution < -0.4 is 25.4 Å². The fourth-order valence-corrected chi connectivity index (χ4v) is 9.15. The van der Waals surface area contributed by atoms with Crippen LogP contribution in [0.5, 0.6) is 23.3 Å². The molecule has 8 heterocycles. The molecule has 0 spiro atoms. The van der Waals surface area contributed by atoms with Gasteiger partial charge in [0.25, 0.3) is 0 Å². The van der Waals surface area contributed by atoms with Gasteiger partial charge in [-0.05, 0) is 119 Å². The highest BCUT2D eigenvalue weighted by Gasteiger charge is 2.40. The zero-order valence-corrected chi connectivity index (χ0v) is 48.7. The summed E-state index contributed by atoms with van der Waals surface area (Å²) in [5.41, 5.74) is 4.51. The molecule has 4 N–H and O–H groups in total. The lowest BCUT2D eigenvalue weighted by Gasteiger charge is -2.24. The van der Waals surface area contributed by atoms with E-state index in [1.54, 1.807) is 73.9 Å². The largest absolute Gasteiger partial charge is 0.480 e. The van der Waals surface area contributed by atoms with Gasteiger partial charge >= 0.3 is 5.97 Å². The summed E-state index contributed by atoms with van der Waals surface area (Å²) in [5, 5.41) is 26.7. The number of nitrogens with zero attached hydrogens (tertiary/aromatic N) is 11. The number of aryl methyl sites for hydroxylation is 4. The second kappa shape index (κ2) is 27.0. The number of ketones is 2. The van der Waals surface area contributed by atoms with Crippen LogP contribution in [0.3, 0.4) is 0 Å². The molecule has 2 saturated heterocycles. The second-order valence-corrected chi connectivity index (χ2v) is 20.5. The highest BCUT2D eigenvalue weighted by atomic mass is 79.9. The molecule has 10 rings (SSSR count). The van der Waals surface area contributed by atoms with E-state index in [1.165, 1.54) is 40.5 Å². The Hall–Kier alpha value is -8.27. The van der Waals surface area contributed by atoms with E-state index in [-0.39, 0.29) is 86.2 Å². The van der Waals surface area contributed by atoms with Crippen molar-refractivity contribution in [1.29, 1.82) is 0 Å². The number of alkyl halides is 2. The van der Waals surface area contributed by atoms with Crippen LogP contribution in [0.4, 0.5) is 20.4 Å². The summed E-state index contributed by atoms with van der Waals surface area (Å²) < 4.78 is 42.7. The molecule has 23 nitrogen and oxygen atoms in total. The molecule has 2 aliphatic heterocycles. The van der Waals surface area contributed by atoms with Crippen molar-refractivity contribution in [3.05, 3.63) is 129 Å². The number of hydrogen-bond donors (Lipinski definition) is 4. The van der Waals surface area contributed by atoms with E-state index in [2.05, 4.69) is 87.9 Å². The van der Waals surface area contributed by atoms with Crippen molar-refractivity contribution in [2.24, 2.45) is 0 Å². The minimum absolute atomic E-state index is 0. The Morgan fingerprint density at radius 2 is 1.15 bits per heavy atom. The van der Waals surface area contributed by atoms with Crippen LogP contribution >= 0.6 is 44.3 Å². The quantitative estimate of drug-likeness (QED) is 0.0585. The zero-order chi connectivity index (χ0) is 58.2. The number of likely N-dealkylation sites (tertiary alicyclic amines) is 1. The van der Waals surface area contributed by atoms with Crippen molar-refractivity contribution >= 4 is 113 Å². The number of carboxylic acids is 1. The van der Waals surface area contributed by atoms with Crippen LogP contribution in [0.25, 0.3) is 21.8 Å². The summed E-state index contributed by atoms with van der Waals surface area (Å²) in [6.07, 6.45) is 3.93. The topological polar surface area (TPSA) is 293 Å². The zero-order valence-electron chi connectivity index (χ0n) is 44.7. The minimum Gasteiger partial charge on any atom is -0.480 e. The van der Waals surface area contributed by atoms with Gasteiger partial charge in [-0.15, -0.1) is 12.4 Å². The Morgan fingerprint density at radius 1 is 0.659 bits per heavy atom. The number of ether oxygens (including phenoxy) is 2. The number of aromatic nitrogens is 10. The molecule has 2 aromatic carbocycles. The van der Waals surface area contributed by atoms with E-state index in [0.717, 1.165) is 22.5 Å². The van der Waals surface area contributed by atoms with Gasteiger partial charge in [-0.25, -0.2) is 28.7 Å². The molecule has 2 fully saturated rings. The number of nitrogens with one attached hydrogen (secondary N) is 3. The summed E-state index contributed by atoms with van der Waals surface area (Å²) in [7, 11) is 0. The Balaban J connectivity index is 0.000000195. The molecular weight excluding hydrogens is 1220 g/mol. The van der Waals surface area contributed by atoms with Gasteiger partial charge in [-0.1, -0.05) is 12.1 Å². The highest BCUT2D eigenvalue weighted by molar-refractivity contribution is 9.10. The molecule has 3 amide bonds. The van der Waals surface area contributed by atoms with E-state index in [1.807, 2.05) is 26.8 Å². The highest BCUT2D eigenvalue weighted by Crippen LogP contribution is 2.31. The molecule has 8 aromatic rings. The van der Waals surface area contributed by atoms with Crippen molar-refractivity contribution in [3.63, 3.8) is 0 Å². The summed E-state index contributed by atoms with van der Waals surface area (Å²) in [5.74, 6) is -0.562. The number of carboxylic acid groups (broad SMARTS) is 1. The normalized spacial score (nSPS) is 16.2. The molecule has 4 atom stereocenters. The number of halogens is 5. The maximum absolute atomic E-state index is 14.5. The third-order valence-corrected chi connectivity index (χ3v) is 13.4. The van der Waals surface area contributed by atoms with Crippen molar-refractivity contribution in [1.82, 2.24) is 59.7 Å². The molecule has 82 heavy (non-hydrogen) atoms. The number of carbonyl (C=O) groups excluding carboxylic acids is 5. The maximum atomic E-state index is 14.5. The molecule has 2 aliphatic rings. The SMILES string of the molecule is CC(=O)c1nn(CC(=O)N2C[C@H](F)C[C@H]2C(=O)Nc2nc(Br)ccc2C)c2ccc(Oc3cnc(C)cn3)cc12.CC(=O)c1nn(CC(=O)O)c2ccc(Oc3cnc(C)cn3)cc12.Cc1ccc(Br)nc1NC(=O)[C@@H]1C[C@@H](F)CN1.Cl. The van der Waals surface area contributed by atoms with Crippen molar-refractivity contribution < 1.29 is 52.1 Å². The number of fused-ring (bicyclic) bond motifs is 2. The Labute approximate surface area is 489 Å². The summed E-state index contributed by atoms with van der Waals surface area (Å²) in [6.45, 7) is 9.41. The molecule has 0 unspecified atom stereocenters. The average molecular weight is 1280 g/mol. The van der Waals surface area contributed by atoms with E-state index in [4.69, 9.17) is 14.6 Å². The number of amides is 3. The van der Waals surface area contributed by atoms with E-state index in [9.17, 15) is 37.5 Å². The van der Waals surface area contributed by atoms with E-state index >= 15 is 0 Å². The first-order valence-electron chi connectivity index (χ1n) is 25.0. The van der Waals surface area contributed by atoms with Crippen LogP contribution in [0.1, 0.15) is 70.2 Å². The Bertz CT molecular complexity index is 3710. The predicted octanol–water partition coefficient (Wildman–Crippen LogP) is 8.60. The lowest BCUT2D eigenvalue weighted by atomic mass is 10.1. The van der Waals surface area contributed by atoms with Crippen LogP contribution in [-0.2, 0) is 32.3 Å². The molecule has 0 bridgehead atoms. The van der Waals surface area contributed by atoms with Crippen LogP contribution in [-0.4, -0.2) is 132 Å². The molecule has 428 valence electrons. The first-order chi connectivity index (χ1) is 38.6. The Morgan fingerprint density at radius 3 is 1.59 bits per heavy atom. The first-order valence-corrected chi connectivity index (χ1v) is 26.5. The average Bonchev–Trinajstić information content (AvgIpc) is 4.32. The smallest absolute Gasteiger partial charge is 0.325 e. The fraction of sp³-hybridized carbons (Fsp3) is 0.296. The van der Waals surface area contributed by atoms with Gasteiger partial charge in [-0.2, -0.15) is 10.2 Å². The molecule has 0 radical (unpaired) electrons. The number of rotatable bonds is 14. The monoisotopic (exact) mass is 1270 g/mol. The van der Waals surface area contributed by atoms with E-state index in [0.29, 0.717) is 60.0 Å². The Kier molecular flexibility index (Phi) is 20.2. The third-order valence-electron chi connectivity index (χ3n) is 12.5. The van der Waals surface area contributed by atoms with Gasteiger partial charge in [0, 0.05) is 44.0 Å². The van der Waals surface area contributed by atoms with Gasteiger partial charge in [0.05, 0.1) is 59.8 Å². The summed E-state index contributed by atoms with van der Waals surface area (Å²) >= 11 is 6.51. The predicted molar refractivity (Wildman–Crippen MR) is 305 cm³/mol. The molecule has 28 heteroatoms. The van der Waals surface area contributed by atoms with Gasteiger partial charge in [0.2, 0.25) is 29.5 Å². The number of Topliss-reactive ketones (excluding diaryl/α,β-unsaturated/α-hetero) is 2. The fourth-order valence-electron chi connectivity index (χ4n) is 8.53. The van der Waals surface area contributed by atoms with Gasteiger partial charge in [0.1, 0.15) is 75.2 Å². The standard InChI is InChI=1S/C27H25BrFN7O4.C16H14N4O4.C11H13BrFN3O.ClH/c1-14-4-7-22(28)32-26(14)33-27(39)21-8-17(29)12-35(21)24(38)13-36-20-6-5-18(9-19(20)25(34-36)16(3)37)40-23-11-30-15(2)10-31-23;1-9-6-18-14(7-17-9)24-11-3-4-13-12(5-11)16(10(2)21)19-20(13)8-15(22)23;1-6-2-3-9(12)15-10(6)16-11(17)8-4-7(13)5-14-8;/h4-7,9-11,17,21H,8,12-13H2,1-3H3,(H,32,33,39);3-7H,8H2,1-2H3,(H,22,23);2-3,7-8,14H,4-5H2,1H3,(H,15,16,17);1H/t17-,21+;;7-,8+;/m1.1./s1. The van der Waals surface area contributed by atoms with Gasteiger partial charge in [0.15, 0.2) is 11.6 Å². The van der Waals surface area contributed by atoms with Crippen LogP contribution in [0.2, 0.25) is 0 Å². The number of aliphatic carboxylic acids is 1. The number of carbonyl (C=O) groups is 6. The number of benzene rings is 2. The van der Waals surface area contributed by atoms with Gasteiger partial charge in [-0.3, -0.25) is 48.1 Å². The molecule has 0 saturated carbocycles. The van der Waals surface area contributed by atoms with E-state index < -0.39 is 42.2 Å². The third kappa shape index (κ3) is 15.4. The molecule has 6 aromatic heterocycles. The van der Waals surface area contributed by atoms with Gasteiger partial charge < -0.3 is 35.4 Å². The van der Waals surface area contributed by atoms with Crippen LogP contribution in [0.15, 0.2) is 94.7 Å². The summed E-state index contributed by atoms with van der Waals surface area (Å²) in [6, 6.07) is 15.6. The van der Waals surface area contributed by atoms with Crippen molar-refractivity contribution in [2.45, 2.75) is 91.9 Å². The maximum Gasteiger partial charge on any atom is 0.325 e. The van der Waals surface area contributed by atoms with Crippen LogP contribution in [0, 0.1) is 27.7 Å². The molecular formula is C54H53Br2ClF2N14O9. The van der Waals surface area contributed by atoms with Crippen molar-refractivity contribution in [3.8, 4) is 23.3 Å².